The number of aromatic nitrogens is 1. The molecule has 0 aliphatic heterocycles. The van der Waals surface area contributed by atoms with Crippen LogP contribution in [-0.4, -0.2) is 10.9 Å². The summed E-state index contributed by atoms with van der Waals surface area (Å²) >= 11 is 0. The van der Waals surface area contributed by atoms with E-state index >= 15 is 0 Å². The van der Waals surface area contributed by atoms with E-state index in [0.29, 0.717) is 17.8 Å². The quantitative estimate of drug-likeness (QED) is 0.723. The van der Waals surface area contributed by atoms with E-state index in [1.165, 1.54) is 0 Å². The third-order valence-electron chi connectivity index (χ3n) is 3.29. The van der Waals surface area contributed by atoms with E-state index in [2.05, 4.69) is 10.3 Å². The van der Waals surface area contributed by atoms with Crippen LogP contribution in [0.3, 0.4) is 0 Å². The largest absolute Gasteiger partial charge is 0.399 e. The van der Waals surface area contributed by atoms with Crippen molar-refractivity contribution >= 4 is 22.5 Å². The minimum atomic E-state index is -0.110. The number of anilines is 1. The highest BCUT2D eigenvalue weighted by molar-refractivity contribution is 5.94. The van der Waals surface area contributed by atoms with Gasteiger partial charge in [-0.05, 0) is 48.0 Å². The zero-order valence-corrected chi connectivity index (χ0v) is 11.4. The highest BCUT2D eigenvalue weighted by Gasteiger charge is 2.05. The van der Waals surface area contributed by atoms with Crippen LogP contribution in [0.15, 0.2) is 60.8 Å². The number of nitrogens with one attached hydrogen (secondary N) is 1. The number of nitrogen functional groups attached to an aromatic ring is 1. The predicted molar refractivity (Wildman–Crippen MR) is 83.8 cm³/mol. The maximum Gasteiger partial charge on any atom is 0.251 e. The standard InChI is InChI=1S/C17H15N3O/c18-15-6-4-13(5-7-15)17(21)20-11-12-3-8-16-14(10-12)2-1-9-19-16/h1-10H,11,18H2,(H,20,21). The van der Waals surface area contributed by atoms with Crippen molar-refractivity contribution in [1.29, 1.82) is 0 Å². The van der Waals surface area contributed by atoms with E-state index in [4.69, 9.17) is 5.73 Å². The van der Waals surface area contributed by atoms with Crippen molar-refractivity contribution in [3.05, 3.63) is 71.9 Å². The summed E-state index contributed by atoms with van der Waals surface area (Å²) in [5.74, 6) is -0.110. The van der Waals surface area contributed by atoms with Gasteiger partial charge >= 0.3 is 0 Å². The van der Waals surface area contributed by atoms with Gasteiger partial charge in [0.1, 0.15) is 0 Å². The fourth-order valence-electron chi connectivity index (χ4n) is 2.15. The summed E-state index contributed by atoms with van der Waals surface area (Å²) in [5, 5.41) is 3.97. The Bertz CT molecular complexity index is 781. The maximum absolute atomic E-state index is 12.0. The van der Waals surface area contributed by atoms with E-state index in [9.17, 15) is 4.79 Å². The molecule has 0 bridgehead atoms. The summed E-state index contributed by atoms with van der Waals surface area (Å²) in [5.41, 5.74) is 8.85. The summed E-state index contributed by atoms with van der Waals surface area (Å²) in [6, 6.07) is 16.7. The number of hydrogen-bond acceptors (Lipinski definition) is 3. The summed E-state index contributed by atoms with van der Waals surface area (Å²) < 4.78 is 0. The van der Waals surface area contributed by atoms with Crippen LogP contribution in [-0.2, 0) is 6.54 Å². The molecule has 0 aliphatic rings. The van der Waals surface area contributed by atoms with Crippen LogP contribution in [0.2, 0.25) is 0 Å². The van der Waals surface area contributed by atoms with Gasteiger partial charge in [-0.2, -0.15) is 0 Å². The third kappa shape index (κ3) is 3.00. The number of nitrogens with two attached hydrogens (primary N) is 1. The SMILES string of the molecule is Nc1ccc(C(=O)NCc2ccc3ncccc3c2)cc1. The van der Waals surface area contributed by atoms with E-state index in [0.717, 1.165) is 16.5 Å². The molecule has 1 aromatic heterocycles. The number of fused-ring (bicyclic) bond motifs is 1. The molecule has 4 heteroatoms. The maximum atomic E-state index is 12.0. The molecule has 0 aliphatic carbocycles. The Morgan fingerprint density at radius 1 is 1.10 bits per heavy atom. The van der Waals surface area contributed by atoms with Gasteiger partial charge in [-0.1, -0.05) is 12.1 Å². The molecule has 1 amide bonds. The molecule has 0 unspecified atom stereocenters. The molecule has 3 aromatic rings. The highest BCUT2D eigenvalue weighted by Crippen LogP contribution is 2.13. The first kappa shape index (κ1) is 13.1. The van der Waals surface area contributed by atoms with Gasteiger partial charge in [0.05, 0.1) is 5.52 Å². The van der Waals surface area contributed by atoms with Crippen LogP contribution in [0.5, 0.6) is 0 Å². The van der Waals surface area contributed by atoms with Gasteiger partial charge in [0.15, 0.2) is 0 Å². The smallest absolute Gasteiger partial charge is 0.251 e. The summed E-state index contributed by atoms with van der Waals surface area (Å²) in [6.45, 7) is 0.480. The second-order valence-electron chi connectivity index (χ2n) is 4.84. The van der Waals surface area contributed by atoms with Crippen molar-refractivity contribution in [2.45, 2.75) is 6.54 Å². The number of carbonyl (C=O) groups is 1. The first-order chi connectivity index (χ1) is 10.2. The number of hydrogen-bond donors (Lipinski definition) is 2. The minimum absolute atomic E-state index is 0.110. The molecule has 21 heavy (non-hydrogen) atoms. The molecular formula is C17H15N3O. The van der Waals surface area contributed by atoms with Crippen LogP contribution in [0, 0.1) is 0 Å². The highest BCUT2D eigenvalue weighted by atomic mass is 16.1. The molecular weight excluding hydrogens is 262 g/mol. The number of rotatable bonds is 3. The average Bonchev–Trinajstić information content (AvgIpc) is 2.53. The van der Waals surface area contributed by atoms with Gasteiger partial charge in [0, 0.05) is 29.4 Å². The second kappa shape index (κ2) is 5.63. The number of amides is 1. The van der Waals surface area contributed by atoms with E-state index in [-0.39, 0.29) is 5.91 Å². The number of benzene rings is 2. The fourth-order valence-corrected chi connectivity index (χ4v) is 2.15. The molecule has 0 fully saturated rings. The third-order valence-corrected chi connectivity index (χ3v) is 3.29. The van der Waals surface area contributed by atoms with E-state index in [1.807, 2.05) is 30.3 Å². The molecule has 4 nitrogen and oxygen atoms in total. The molecule has 104 valence electrons. The monoisotopic (exact) mass is 277 g/mol. The van der Waals surface area contributed by atoms with Crippen molar-refractivity contribution < 1.29 is 4.79 Å². The lowest BCUT2D eigenvalue weighted by atomic mass is 10.1. The molecule has 3 rings (SSSR count). The summed E-state index contributed by atoms with van der Waals surface area (Å²) in [6.07, 6.45) is 1.77. The molecule has 1 heterocycles. The van der Waals surface area contributed by atoms with Crippen molar-refractivity contribution in [2.75, 3.05) is 5.73 Å². The van der Waals surface area contributed by atoms with Gasteiger partial charge < -0.3 is 11.1 Å². The van der Waals surface area contributed by atoms with Crippen LogP contribution >= 0.6 is 0 Å². The molecule has 0 saturated carbocycles. The summed E-state index contributed by atoms with van der Waals surface area (Å²) in [4.78, 5) is 16.3. The Kier molecular flexibility index (Phi) is 3.51. The van der Waals surface area contributed by atoms with Gasteiger partial charge in [-0.3, -0.25) is 9.78 Å². The van der Waals surface area contributed by atoms with Crippen molar-refractivity contribution in [3.63, 3.8) is 0 Å². The van der Waals surface area contributed by atoms with Crippen molar-refractivity contribution in [2.24, 2.45) is 0 Å². The van der Waals surface area contributed by atoms with Crippen LogP contribution < -0.4 is 11.1 Å². The molecule has 0 spiro atoms. The van der Waals surface area contributed by atoms with E-state index < -0.39 is 0 Å². The van der Waals surface area contributed by atoms with Gasteiger partial charge in [0.25, 0.3) is 5.91 Å². The molecule has 3 N–H and O–H groups in total. The van der Waals surface area contributed by atoms with Gasteiger partial charge in [0.2, 0.25) is 0 Å². The Labute approximate surface area is 122 Å². The normalized spacial score (nSPS) is 10.5. The van der Waals surface area contributed by atoms with Crippen LogP contribution in [0.4, 0.5) is 5.69 Å². The van der Waals surface area contributed by atoms with Crippen molar-refractivity contribution in [3.8, 4) is 0 Å². The van der Waals surface area contributed by atoms with Crippen LogP contribution in [0.1, 0.15) is 15.9 Å². The Morgan fingerprint density at radius 3 is 2.71 bits per heavy atom. The molecule has 0 radical (unpaired) electrons. The minimum Gasteiger partial charge on any atom is -0.399 e. The lowest BCUT2D eigenvalue weighted by Gasteiger charge is -2.06. The Balaban J connectivity index is 1.71. The van der Waals surface area contributed by atoms with E-state index in [1.54, 1.807) is 30.5 Å². The number of carbonyl (C=O) groups excluding carboxylic acids is 1. The molecule has 2 aromatic carbocycles. The average molecular weight is 277 g/mol. The number of nitrogens with zero attached hydrogens (tertiary/aromatic N) is 1. The van der Waals surface area contributed by atoms with Gasteiger partial charge in [-0.15, -0.1) is 0 Å². The fraction of sp³-hybridized carbons (Fsp3) is 0.0588. The first-order valence-corrected chi connectivity index (χ1v) is 6.70. The van der Waals surface area contributed by atoms with Crippen LogP contribution in [0.25, 0.3) is 10.9 Å². The zero-order valence-electron chi connectivity index (χ0n) is 11.4. The Hall–Kier alpha value is -2.88. The predicted octanol–water partition coefficient (Wildman–Crippen LogP) is 2.75. The molecule has 0 saturated heterocycles. The lowest BCUT2D eigenvalue weighted by Crippen LogP contribution is -2.22. The van der Waals surface area contributed by atoms with Crippen molar-refractivity contribution in [1.82, 2.24) is 10.3 Å². The first-order valence-electron chi connectivity index (χ1n) is 6.70. The molecule has 0 atom stereocenters. The second-order valence-corrected chi connectivity index (χ2v) is 4.84. The topological polar surface area (TPSA) is 68.0 Å². The Morgan fingerprint density at radius 2 is 1.90 bits per heavy atom. The lowest BCUT2D eigenvalue weighted by molar-refractivity contribution is 0.0951. The van der Waals surface area contributed by atoms with Gasteiger partial charge in [-0.25, -0.2) is 0 Å². The number of pyridine rings is 1. The summed E-state index contributed by atoms with van der Waals surface area (Å²) in [7, 11) is 0. The zero-order chi connectivity index (χ0) is 14.7.